The first-order chi connectivity index (χ1) is 9.90. The van der Waals surface area contributed by atoms with Gasteiger partial charge in [-0.1, -0.05) is 18.2 Å². The number of halogens is 3. The SMILES string of the molecule is CCn1ncnc1CC(=O)Cc1cccc(C(F)(F)F)c1. The Hall–Kier alpha value is -2.18. The number of carbonyl (C=O) groups is 1. The Balaban J connectivity index is 2.06. The number of benzene rings is 1. The van der Waals surface area contributed by atoms with Gasteiger partial charge in [0.1, 0.15) is 17.9 Å². The molecule has 0 aliphatic rings. The Labute approximate surface area is 119 Å². The quantitative estimate of drug-likeness (QED) is 0.852. The molecule has 0 amide bonds. The van der Waals surface area contributed by atoms with Crippen LogP contribution >= 0.6 is 0 Å². The monoisotopic (exact) mass is 297 g/mol. The summed E-state index contributed by atoms with van der Waals surface area (Å²) in [5.74, 6) is 0.325. The molecule has 2 rings (SSSR count). The molecule has 0 radical (unpaired) electrons. The highest BCUT2D eigenvalue weighted by molar-refractivity contribution is 5.82. The van der Waals surface area contributed by atoms with Gasteiger partial charge in [-0.05, 0) is 18.6 Å². The second-order valence-corrected chi connectivity index (χ2v) is 4.58. The summed E-state index contributed by atoms with van der Waals surface area (Å²) in [6, 6.07) is 4.81. The van der Waals surface area contributed by atoms with Crippen molar-refractivity contribution in [3.05, 3.63) is 47.5 Å². The van der Waals surface area contributed by atoms with Gasteiger partial charge in [0.15, 0.2) is 0 Å². The average Bonchev–Trinajstić information content (AvgIpc) is 2.85. The van der Waals surface area contributed by atoms with Crippen molar-refractivity contribution >= 4 is 5.78 Å². The highest BCUT2D eigenvalue weighted by Crippen LogP contribution is 2.29. The van der Waals surface area contributed by atoms with Gasteiger partial charge in [0.25, 0.3) is 0 Å². The van der Waals surface area contributed by atoms with E-state index >= 15 is 0 Å². The predicted octanol–water partition coefficient (Wildman–Crippen LogP) is 2.67. The first kappa shape index (κ1) is 15.2. The van der Waals surface area contributed by atoms with Gasteiger partial charge in [-0.25, -0.2) is 9.67 Å². The average molecular weight is 297 g/mol. The van der Waals surface area contributed by atoms with Crippen molar-refractivity contribution in [3.63, 3.8) is 0 Å². The van der Waals surface area contributed by atoms with E-state index in [1.165, 1.54) is 18.5 Å². The maximum Gasteiger partial charge on any atom is 0.416 e. The number of aromatic nitrogens is 3. The maximum absolute atomic E-state index is 12.6. The molecular formula is C14H14F3N3O. The lowest BCUT2D eigenvalue weighted by Gasteiger charge is -2.08. The molecule has 1 heterocycles. The Bertz CT molecular complexity index is 634. The number of nitrogens with zero attached hydrogens (tertiary/aromatic N) is 3. The lowest BCUT2D eigenvalue weighted by atomic mass is 10.0. The number of aryl methyl sites for hydroxylation is 1. The van der Waals surface area contributed by atoms with Crippen molar-refractivity contribution < 1.29 is 18.0 Å². The smallest absolute Gasteiger partial charge is 0.299 e. The topological polar surface area (TPSA) is 47.8 Å². The standard InChI is InChI=1S/C14H14F3N3O/c1-2-20-13(18-9-19-20)8-12(21)7-10-4-3-5-11(6-10)14(15,16)17/h3-6,9H,2,7-8H2,1H3. The molecule has 21 heavy (non-hydrogen) atoms. The van der Waals surface area contributed by atoms with Crippen LogP contribution in [-0.4, -0.2) is 20.5 Å². The number of hydrogen-bond acceptors (Lipinski definition) is 3. The Morgan fingerprint density at radius 1 is 1.29 bits per heavy atom. The Kier molecular flexibility index (Phi) is 4.40. The number of rotatable bonds is 5. The predicted molar refractivity (Wildman–Crippen MR) is 69.6 cm³/mol. The summed E-state index contributed by atoms with van der Waals surface area (Å²) in [6.07, 6.45) is -3.04. The molecule has 0 saturated heterocycles. The van der Waals surface area contributed by atoms with E-state index in [1.807, 2.05) is 6.92 Å². The second kappa shape index (κ2) is 6.07. The lowest BCUT2D eigenvalue weighted by molar-refractivity contribution is -0.137. The van der Waals surface area contributed by atoms with Gasteiger partial charge in [0.05, 0.1) is 12.0 Å². The first-order valence-corrected chi connectivity index (χ1v) is 6.44. The molecule has 0 fully saturated rings. The van der Waals surface area contributed by atoms with Crippen LogP contribution in [0.25, 0.3) is 0 Å². The van der Waals surface area contributed by atoms with E-state index < -0.39 is 11.7 Å². The highest BCUT2D eigenvalue weighted by Gasteiger charge is 2.30. The van der Waals surface area contributed by atoms with Crippen LogP contribution in [0, 0.1) is 0 Å². The molecular weight excluding hydrogens is 283 g/mol. The minimum Gasteiger partial charge on any atom is -0.299 e. The van der Waals surface area contributed by atoms with Gasteiger partial charge in [-0.2, -0.15) is 18.3 Å². The molecule has 2 aromatic rings. The van der Waals surface area contributed by atoms with Crippen molar-refractivity contribution in [1.82, 2.24) is 14.8 Å². The summed E-state index contributed by atoms with van der Waals surface area (Å²) >= 11 is 0. The van der Waals surface area contributed by atoms with E-state index in [4.69, 9.17) is 0 Å². The molecule has 0 N–H and O–H groups in total. The summed E-state index contributed by atoms with van der Waals surface area (Å²) in [5, 5.41) is 3.95. The van der Waals surface area contributed by atoms with E-state index in [0.29, 0.717) is 17.9 Å². The van der Waals surface area contributed by atoms with Crippen molar-refractivity contribution in [2.24, 2.45) is 0 Å². The summed E-state index contributed by atoms with van der Waals surface area (Å²) < 4.78 is 39.4. The Morgan fingerprint density at radius 2 is 2.05 bits per heavy atom. The summed E-state index contributed by atoms with van der Waals surface area (Å²) in [7, 11) is 0. The third kappa shape index (κ3) is 3.90. The zero-order valence-corrected chi connectivity index (χ0v) is 11.4. The van der Waals surface area contributed by atoms with Crippen LogP contribution in [-0.2, 0) is 30.4 Å². The number of carbonyl (C=O) groups excluding carboxylic acids is 1. The normalized spacial score (nSPS) is 11.6. The molecule has 1 aromatic heterocycles. The van der Waals surface area contributed by atoms with Crippen LogP contribution in [0.3, 0.4) is 0 Å². The fraction of sp³-hybridized carbons (Fsp3) is 0.357. The van der Waals surface area contributed by atoms with Gasteiger partial charge in [0.2, 0.25) is 0 Å². The van der Waals surface area contributed by atoms with Gasteiger partial charge in [0, 0.05) is 13.0 Å². The summed E-state index contributed by atoms with van der Waals surface area (Å²) in [6.45, 7) is 2.46. The third-order valence-electron chi connectivity index (χ3n) is 3.01. The van der Waals surface area contributed by atoms with Crippen molar-refractivity contribution in [1.29, 1.82) is 0 Å². The fourth-order valence-electron chi connectivity index (χ4n) is 2.01. The van der Waals surface area contributed by atoms with Crippen LogP contribution in [0.4, 0.5) is 13.2 Å². The third-order valence-corrected chi connectivity index (χ3v) is 3.01. The summed E-state index contributed by atoms with van der Waals surface area (Å²) in [4.78, 5) is 15.9. The highest BCUT2D eigenvalue weighted by atomic mass is 19.4. The van der Waals surface area contributed by atoms with Crippen molar-refractivity contribution in [2.45, 2.75) is 32.5 Å². The van der Waals surface area contributed by atoms with Crippen molar-refractivity contribution in [3.8, 4) is 0 Å². The number of ketones is 1. The van der Waals surface area contributed by atoms with Crippen LogP contribution in [0.15, 0.2) is 30.6 Å². The first-order valence-electron chi connectivity index (χ1n) is 6.44. The molecule has 0 saturated carbocycles. The van der Waals surface area contributed by atoms with Crippen LogP contribution in [0.5, 0.6) is 0 Å². The molecule has 0 bridgehead atoms. The van der Waals surface area contributed by atoms with E-state index in [2.05, 4.69) is 10.1 Å². The van der Waals surface area contributed by atoms with Crippen molar-refractivity contribution in [2.75, 3.05) is 0 Å². The molecule has 1 aromatic carbocycles. The largest absolute Gasteiger partial charge is 0.416 e. The Morgan fingerprint density at radius 3 is 2.71 bits per heavy atom. The van der Waals surface area contributed by atoms with E-state index in [1.54, 1.807) is 4.68 Å². The van der Waals surface area contributed by atoms with Gasteiger partial charge in [-0.3, -0.25) is 4.79 Å². The molecule has 0 aliphatic carbocycles. The minimum atomic E-state index is -4.40. The van der Waals surface area contributed by atoms with Crippen LogP contribution in [0.1, 0.15) is 23.9 Å². The molecule has 0 spiro atoms. The zero-order valence-electron chi connectivity index (χ0n) is 11.4. The van der Waals surface area contributed by atoms with Gasteiger partial charge >= 0.3 is 6.18 Å². The van der Waals surface area contributed by atoms with Crippen LogP contribution in [0.2, 0.25) is 0 Å². The minimum absolute atomic E-state index is 0.0551. The van der Waals surface area contributed by atoms with E-state index in [0.717, 1.165) is 12.1 Å². The van der Waals surface area contributed by atoms with E-state index in [9.17, 15) is 18.0 Å². The lowest BCUT2D eigenvalue weighted by Crippen LogP contribution is -2.13. The molecule has 7 heteroatoms. The molecule has 0 unspecified atom stereocenters. The van der Waals surface area contributed by atoms with E-state index in [-0.39, 0.29) is 18.6 Å². The molecule has 0 atom stereocenters. The molecule has 112 valence electrons. The van der Waals surface area contributed by atoms with Crippen LogP contribution < -0.4 is 0 Å². The number of alkyl halides is 3. The summed E-state index contributed by atoms with van der Waals surface area (Å²) in [5.41, 5.74) is -0.401. The second-order valence-electron chi connectivity index (χ2n) is 4.58. The van der Waals surface area contributed by atoms with Gasteiger partial charge in [-0.15, -0.1) is 0 Å². The molecule has 4 nitrogen and oxygen atoms in total. The maximum atomic E-state index is 12.6. The molecule has 0 aliphatic heterocycles. The zero-order chi connectivity index (χ0) is 15.5. The fourth-order valence-corrected chi connectivity index (χ4v) is 2.01. The number of Topliss-reactive ketones (excluding diaryl/α,β-unsaturated/α-hetero) is 1. The van der Waals surface area contributed by atoms with Gasteiger partial charge < -0.3 is 0 Å². The number of hydrogen-bond donors (Lipinski definition) is 0.